The van der Waals surface area contributed by atoms with Gasteiger partial charge >= 0.3 is 0 Å². The number of carbonyl (C=O) groups excluding carboxylic acids is 3. The molecule has 2 atom stereocenters. The first-order chi connectivity index (χ1) is 8.54. The Kier molecular flexibility index (Phi) is 8.77. The number of unbranched alkanes of at least 4 members (excludes halogenated alkanes) is 1. The molecule has 6 N–H and O–H groups in total. The molecule has 0 rings (SSSR count). The number of hydrogen-bond acceptors (Lipinski definition) is 5. The predicted molar refractivity (Wildman–Crippen MR) is 67.6 cm³/mol. The summed E-state index contributed by atoms with van der Waals surface area (Å²) in [6.07, 6.45) is 2.80. The molecule has 0 unspecified atom stereocenters. The maximum Gasteiger partial charge on any atom is 0.242 e. The van der Waals surface area contributed by atoms with Gasteiger partial charge in [0.2, 0.25) is 11.8 Å². The lowest BCUT2D eigenvalue weighted by Gasteiger charge is -2.17. The fourth-order valence-corrected chi connectivity index (χ4v) is 1.36. The van der Waals surface area contributed by atoms with Gasteiger partial charge < -0.3 is 26.9 Å². The van der Waals surface area contributed by atoms with Gasteiger partial charge in [-0.1, -0.05) is 0 Å². The average Bonchev–Trinajstić information content (AvgIpc) is 2.37. The van der Waals surface area contributed by atoms with E-state index in [1.807, 2.05) is 0 Å². The molecule has 0 heterocycles. The summed E-state index contributed by atoms with van der Waals surface area (Å²) in [5.74, 6) is -0.815. The van der Waals surface area contributed by atoms with Crippen LogP contribution < -0.4 is 22.1 Å². The van der Waals surface area contributed by atoms with Gasteiger partial charge in [0.15, 0.2) is 0 Å². The van der Waals surface area contributed by atoms with Gasteiger partial charge in [-0.05, 0) is 32.7 Å². The van der Waals surface area contributed by atoms with Gasteiger partial charge in [0.05, 0.1) is 12.6 Å². The maximum absolute atomic E-state index is 11.6. The lowest BCUT2D eigenvalue weighted by molar-refractivity contribution is -0.129. The third kappa shape index (κ3) is 6.97. The van der Waals surface area contributed by atoms with Crippen LogP contribution in [0.3, 0.4) is 0 Å². The Morgan fingerprint density at radius 3 is 2.39 bits per heavy atom. The summed E-state index contributed by atoms with van der Waals surface area (Å²) in [6, 6.07) is -1.25. The maximum atomic E-state index is 11.6. The van der Waals surface area contributed by atoms with E-state index >= 15 is 0 Å². The molecule has 0 aromatic heterocycles. The monoisotopic (exact) mass is 258 g/mol. The van der Waals surface area contributed by atoms with Gasteiger partial charge in [-0.25, -0.2) is 0 Å². The summed E-state index contributed by atoms with van der Waals surface area (Å²) in [5, 5.41) is 4.97. The molecule has 0 radical (unpaired) electrons. The summed E-state index contributed by atoms with van der Waals surface area (Å²) < 4.78 is 0. The number of nitrogens with one attached hydrogen (secondary N) is 2. The second-order valence-corrected chi connectivity index (χ2v) is 4.03. The van der Waals surface area contributed by atoms with E-state index in [0.29, 0.717) is 19.3 Å². The van der Waals surface area contributed by atoms with Crippen LogP contribution in [-0.4, -0.2) is 43.3 Å². The zero-order valence-electron chi connectivity index (χ0n) is 10.6. The molecule has 0 aliphatic rings. The lowest BCUT2D eigenvalue weighted by atomic mass is 10.1. The van der Waals surface area contributed by atoms with Crippen molar-refractivity contribution in [2.24, 2.45) is 11.5 Å². The molecule has 0 aliphatic carbocycles. The van der Waals surface area contributed by atoms with Gasteiger partial charge in [-0.2, -0.15) is 0 Å². The van der Waals surface area contributed by atoms with Crippen molar-refractivity contribution in [3.63, 3.8) is 0 Å². The third-order valence-electron chi connectivity index (χ3n) is 2.42. The zero-order chi connectivity index (χ0) is 14.0. The molecule has 0 aromatic rings. The molecule has 0 aromatic carbocycles. The Labute approximate surface area is 107 Å². The Morgan fingerprint density at radius 1 is 1.22 bits per heavy atom. The van der Waals surface area contributed by atoms with E-state index in [9.17, 15) is 14.4 Å². The van der Waals surface area contributed by atoms with Gasteiger partial charge in [-0.3, -0.25) is 9.59 Å². The molecule has 7 nitrogen and oxygen atoms in total. The van der Waals surface area contributed by atoms with Crippen molar-refractivity contribution in [1.29, 1.82) is 0 Å². The van der Waals surface area contributed by atoms with Crippen molar-refractivity contribution in [3.8, 4) is 0 Å². The molecular formula is C11H22N4O3. The minimum atomic E-state index is -0.710. The van der Waals surface area contributed by atoms with Crippen LogP contribution in [0.25, 0.3) is 0 Å². The standard InChI is InChI=1S/C11H22N4O3/c1-8(14-10(17)6-13)11(18)15-9(7-16)4-2-3-5-12/h7-9H,2-6,12-13H2,1H3,(H,14,17)(H,15,18)/t8-,9-/m0/s1. The lowest BCUT2D eigenvalue weighted by Crippen LogP contribution is -2.49. The molecule has 0 spiro atoms. The summed E-state index contributed by atoms with van der Waals surface area (Å²) in [4.78, 5) is 33.4. The second kappa shape index (κ2) is 9.55. The smallest absolute Gasteiger partial charge is 0.242 e. The van der Waals surface area contributed by atoms with Crippen molar-refractivity contribution in [1.82, 2.24) is 10.6 Å². The number of carbonyl (C=O) groups is 3. The molecule has 7 heteroatoms. The highest BCUT2D eigenvalue weighted by Crippen LogP contribution is 1.98. The Balaban J connectivity index is 4.08. The van der Waals surface area contributed by atoms with Crippen LogP contribution in [0.4, 0.5) is 0 Å². The summed E-state index contributed by atoms with van der Waals surface area (Å²) in [7, 11) is 0. The largest absolute Gasteiger partial charge is 0.345 e. The predicted octanol–water partition coefficient (Wildman–Crippen LogP) is -1.74. The second-order valence-electron chi connectivity index (χ2n) is 4.03. The minimum absolute atomic E-state index is 0.175. The van der Waals surface area contributed by atoms with E-state index < -0.39 is 23.9 Å². The first-order valence-electron chi connectivity index (χ1n) is 6.00. The van der Waals surface area contributed by atoms with Crippen LogP contribution in [0.5, 0.6) is 0 Å². The highest BCUT2D eigenvalue weighted by molar-refractivity contribution is 5.89. The van der Waals surface area contributed by atoms with Crippen molar-refractivity contribution in [2.45, 2.75) is 38.3 Å². The van der Waals surface area contributed by atoms with Gasteiger partial charge in [0, 0.05) is 0 Å². The number of amides is 2. The quantitative estimate of drug-likeness (QED) is 0.288. The Bertz CT molecular complexity index is 283. The van der Waals surface area contributed by atoms with E-state index in [4.69, 9.17) is 11.5 Å². The summed E-state index contributed by atoms with van der Waals surface area (Å²) >= 11 is 0. The highest BCUT2D eigenvalue weighted by Gasteiger charge is 2.18. The van der Waals surface area contributed by atoms with E-state index in [2.05, 4.69) is 10.6 Å². The third-order valence-corrected chi connectivity index (χ3v) is 2.42. The number of rotatable bonds is 9. The molecule has 0 saturated carbocycles. The van der Waals surface area contributed by atoms with Crippen LogP contribution in [0.1, 0.15) is 26.2 Å². The van der Waals surface area contributed by atoms with Crippen molar-refractivity contribution in [2.75, 3.05) is 13.1 Å². The van der Waals surface area contributed by atoms with Crippen LogP contribution in [-0.2, 0) is 14.4 Å². The van der Waals surface area contributed by atoms with Gasteiger partial charge in [0.1, 0.15) is 12.3 Å². The fourth-order valence-electron chi connectivity index (χ4n) is 1.36. The van der Waals surface area contributed by atoms with E-state index in [-0.39, 0.29) is 6.54 Å². The summed E-state index contributed by atoms with van der Waals surface area (Å²) in [5.41, 5.74) is 10.5. The Morgan fingerprint density at radius 2 is 1.89 bits per heavy atom. The molecule has 104 valence electrons. The SMILES string of the molecule is C[C@H](NC(=O)CN)C(=O)N[C@H](C=O)CCCCN. The molecule has 0 aliphatic heterocycles. The molecule has 0 bridgehead atoms. The van der Waals surface area contributed by atoms with Crippen molar-refractivity contribution < 1.29 is 14.4 Å². The number of nitrogens with two attached hydrogens (primary N) is 2. The van der Waals surface area contributed by atoms with Gasteiger partial charge in [-0.15, -0.1) is 0 Å². The van der Waals surface area contributed by atoms with Crippen LogP contribution in [0, 0.1) is 0 Å². The topological polar surface area (TPSA) is 127 Å². The molecule has 0 saturated heterocycles. The normalized spacial score (nSPS) is 13.5. The van der Waals surface area contributed by atoms with Crippen LogP contribution in [0.15, 0.2) is 0 Å². The highest BCUT2D eigenvalue weighted by atomic mass is 16.2. The number of hydrogen-bond donors (Lipinski definition) is 4. The van der Waals surface area contributed by atoms with Crippen molar-refractivity contribution >= 4 is 18.1 Å². The van der Waals surface area contributed by atoms with E-state index in [1.54, 1.807) is 0 Å². The zero-order valence-corrected chi connectivity index (χ0v) is 10.6. The fraction of sp³-hybridized carbons (Fsp3) is 0.727. The van der Waals surface area contributed by atoms with E-state index in [1.165, 1.54) is 6.92 Å². The van der Waals surface area contributed by atoms with Gasteiger partial charge in [0.25, 0.3) is 0 Å². The molecule has 2 amide bonds. The number of aldehydes is 1. The Hall–Kier alpha value is -1.47. The molecule has 0 fully saturated rings. The first kappa shape index (κ1) is 16.5. The van der Waals surface area contributed by atoms with Crippen molar-refractivity contribution in [3.05, 3.63) is 0 Å². The molecular weight excluding hydrogens is 236 g/mol. The average molecular weight is 258 g/mol. The van der Waals surface area contributed by atoms with Crippen LogP contribution in [0.2, 0.25) is 0 Å². The first-order valence-corrected chi connectivity index (χ1v) is 6.00. The minimum Gasteiger partial charge on any atom is -0.345 e. The van der Waals surface area contributed by atoms with Crippen LogP contribution >= 0.6 is 0 Å². The molecule has 18 heavy (non-hydrogen) atoms. The summed E-state index contributed by atoms with van der Waals surface area (Å²) in [6.45, 7) is 1.92. The van der Waals surface area contributed by atoms with E-state index in [0.717, 1.165) is 12.8 Å².